The lowest BCUT2D eigenvalue weighted by molar-refractivity contribution is 0.300. The summed E-state index contributed by atoms with van der Waals surface area (Å²) in [4.78, 5) is 14.3. The molecule has 1 saturated heterocycles. The third-order valence-electron chi connectivity index (χ3n) is 3.73. The van der Waals surface area contributed by atoms with Gasteiger partial charge in [0.1, 0.15) is 4.47 Å². The molecule has 0 aromatic carbocycles. The van der Waals surface area contributed by atoms with Crippen LogP contribution in [0.15, 0.2) is 15.5 Å². The monoisotopic (exact) mass is 358 g/mol. The zero-order valence-corrected chi connectivity index (χ0v) is 14.1. The minimum atomic E-state index is -0.134. The number of anilines is 1. The van der Waals surface area contributed by atoms with Crippen LogP contribution < -0.4 is 15.8 Å². The van der Waals surface area contributed by atoms with Gasteiger partial charge in [-0.15, -0.1) is 0 Å². The maximum atomic E-state index is 12.3. The molecule has 0 bridgehead atoms. The lowest BCUT2D eigenvalue weighted by Gasteiger charge is -2.28. The number of hydrogen-bond donors (Lipinski definition) is 2. The van der Waals surface area contributed by atoms with Crippen LogP contribution in [0.2, 0.25) is 0 Å². The first-order valence-electron chi connectivity index (χ1n) is 7.41. The molecule has 1 atom stereocenters. The van der Waals surface area contributed by atoms with Gasteiger partial charge in [-0.2, -0.15) is 5.10 Å². The van der Waals surface area contributed by atoms with Gasteiger partial charge in [0.05, 0.1) is 24.5 Å². The first-order valence-corrected chi connectivity index (χ1v) is 8.20. The van der Waals surface area contributed by atoms with Crippen LogP contribution in [0.4, 0.5) is 5.69 Å². The molecular weight excluding hydrogens is 336 g/mol. The molecule has 0 spiro atoms. The summed E-state index contributed by atoms with van der Waals surface area (Å²) in [5.41, 5.74) is 0.615. The summed E-state index contributed by atoms with van der Waals surface area (Å²) < 4.78 is 1.97. The number of hydrogen-bond acceptors (Lipinski definition) is 5. The smallest absolute Gasteiger partial charge is 0.283 e. The van der Waals surface area contributed by atoms with E-state index in [2.05, 4.69) is 26.3 Å². The largest absolute Gasteiger partial charge is 0.395 e. The predicted octanol–water partition coefficient (Wildman–Crippen LogP) is 1.14. The number of nitrogens with zero attached hydrogens (tertiary/aromatic N) is 3. The van der Waals surface area contributed by atoms with Crippen LogP contribution >= 0.6 is 15.9 Å². The van der Waals surface area contributed by atoms with Crippen LogP contribution in [-0.4, -0.2) is 47.2 Å². The summed E-state index contributed by atoms with van der Waals surface area (Å²) in [6.07, 6.45) is 4.00. The molecule has 118 valence electrons. The van der Waals surface area contributed by atoms with Crippen molar-refractivity contribution in [3.05, 3.63) is 21.0 Å². The Morgan fingerprint density at radius 1 is 1.62 bits per heavy atom. The van der Waals surface area contributed by atoms with Gasteiger partial charge in [0.2, 0.25) is 0 Å². The van der Waals surface area contributed by atoms with E-state index >= 15 is 0 Å². The lowest BCUT2D eigenvalue weighted by Crippen LogP contribution is -2.40. The van der Waals surface area contributed by atoms with Crippen LogP contribution in [0.1, 0.15) is 32.7 Å². The summed E-state index contributed by atoms with van der Waals surface area (Å²) in [7, 11) is 0. The fraction of sp³-hybridized carbons (Fsp3) is 0.714. The zero-order valence-electron chi connectivity index (χ0n) is 12.5. The predicted molar refractivity (Wildman–Crippen MR) is 86.9 cm³/mol. The Morgan fingerprint density at radius 3 is 2.95 bits per heavy atom. The zero-order chi connectivity index (χ0) is 15.4. The maximum absolute atomic E-state index is 12.3. The highest BCUT2D eigenvalue weighted by atomic mass is 79.9. The lowest BCUT2D eigenvalue weighted by atomic mass is 10.2. The molecule has 2 N–H and O–H groups in total. The van der Waals surface area contributed by atoms with Gasteiger partial charge in [0.25, 0.3) is 5.56 Å². The molecule has 0 radical (unpaired) electrons. The molecule has 21 heavy (non-hydrogen) atoms. The van der Waals surface area contributed by atoms with E-state index in [1.807, 2.05) is 18.7 Å². The molecule has 1 aliphatic rings. The van der Waals surface area contributed by atoms with Gasteiger partial charge >= 0.3 is 0 Å². The average molecular weight is 359 g/mol. The molecule has 2 heterocycles. The fourth-order valence-electron chi connectivity index (χ4n) is 2.63. The maximum Gasteiger partial charge on any atom is 0.283 e. The highest BCUT2D eigenvalue weighted by molar-refractivity contribution is 9.10. The molecule has 7 heteroatoms. The van der Waals surface area contributed by atoms with Crippen molar-refractivity contribution < 1.29 is 5.11 Å². The van der Waals surface area contributed by atoms with Crippen molar-refractivity contribution >= 4 is 21.6 Å². The van der Waals surface area contributed by atoms with Crippen LogP contribution in [0.25, 0.3) is 0 Å². The number of aliphatic hydroxyl groups is 1. The van der Waals surface area contributed by atoms with Crippen molar-refractivity contribution in [3.8, 4) is 0 Å². The molecule has 1 aromatic heterocycles. The summed E-state index contributed by atoms with van der Waals surface area (Å²) in [5.74, 6) is 0. The Morgan fingerprint density at radius 2 is 2.38 bits per heavy atom. The summed E-state index contributed by atoms with van der Waals surface area (Å²) in [5, 5.41) is 17.0. The van der Waals surface area contributed by atoms with Gasteiger partial charge < -0.3 is 15.3 Å². The third-order valence-corrected chi connectivity index (χ3v) is 4.47. The first kappa shape index (κ1) is 16.5. The number of nitrogens with one attached hydrogen (secondary N) is 1. The third kappa shape index (κ3) is 3.84. The van der Waals surface area contributed by atoms with Gasteiger partial charge in [-0.25, -0.2) is 4.68 Å². The second-order valence-corrected chi connectivity index (χ2v) is 6.44. The molecule has 1 fully saturated rings. The van der Waals surface area contributed by atoms with Crippen molar-refractivity contribution in [1.82, 2.24) is 15.1 Å². The summed E-state index contributed by atoms with van der Waals surface area (Å²) in [6.45, 7) is 6.19. The highest BCUT2D eigenvalue weighted by Gasteiger charge is 2.21. The normalized spacial score (nSPS) is 18.4. The van der Waals surface area contributed by atoms with Gasteiger partial charge in [-0.3, -0.25) is 4.79 Å². The first-order chi connectivity index (χ1) is 10.0. The van der Waals surface area contributed by atoms with Crippen molar-refractivity contribution in [3.63, 3.8) is 0 Å². The summed E-state index contributed by atoms with van der Waals surface area (Å²) in [6, 6.07) is 0.418. The van der Waals surface area contributed by atoms with Crippen LogP contribution in [0, 0.1) is 0 Å². The second kappa shape index (κ2) is 7.38. The molecule has 0 amide bonds. The van der Waals surface area contributed by atoms with E-state index in [0.29, 0.717) is 17.1 Å². The van der Waals surface area contributed by atoms with Gasteiger partial charge in [0, 0.05) is 19.1 Å². The average Bonchev–Trinajstić information content (AvgIpc) is 2.94. The van der Waals surface area contributed by atoms with Crippen molar-refractivity contribution in [2.75, 3.05) is 31.1 Å². The molecule has 1 unspecified atom stereocenters. The molecule has 2 rings (SSSR count). The minimum Gasteiger partial charge on any atom is -0.395 e. The van der Waals surface area contributed by atoms with Gasteiger partial charge in [-0.05, 0) is 49.2 Å². The minimum absolute atomic E-state index is 0.0191. The van der Waals surface area contributed by atoms with Gasteiger partial charge in [-0.1, -0.05) is 0 Å². The van der Waals surface area contributed by atoms with E-state index in [-0.39, 0.29) is 18.2 Å². The van der Waals surface area contributed by atoms with Crippen LogP contribution in [0.5, 0.6) is 0 Å². The second-order valence-electron chi connectivity index (χ2n) is 5.65. The fourth-order valence-corrected chi connectivity index (χ4v) is 3.17. The van der Waals surface area contributed by atoms with E-state index in [1.54, 1.807) is 6.20 Å². The van der Waals surface area contributed by atoms with Gasteiger partial charge in [0.15, 0.2) is 0 Å². The van der Waals surface area contributed by atoms with E-state index in [9.17, 15) is 9.90 Å². The Hall–Kier alpha value is -0.920. The number of rotatable bonds is 6. The number of halogens is 1. The van der Waals surface area contributed by atoms with Crippen molar-refractivity contribution in [1.29, 1.82) is 0 Å². The molecule has 0 saturated carbocycles. The van der Waals surface area contributed by atoms with Crippen LogP contribution in [0.3, 0.4) is 0 Å². The number of aromatic nitrogens is 2. The topological polar surface area (TPSA) is 70.4 Å². The standard InChI is InChI=1S/C14H23BrN4O2/c1-10(2)19-14(21)13(15)12(8-17-19)18(6-7-20)9-11-4-3-5-16-11/h8,10-11,16,20H,3-7,9H2,1-2H3. The molecule has 1 aromatic rings. The molecule has 1 aliphatic heterocycles. The Kier molecular flexibility index (Phi) is 5.78. The quantitative estimate of drug-likeness (QED) is 0.797. The van der Waals surface area contributed by atoms with E-state index in [0.717, 1.165) is 25.2 Å². The summed E-state index contributed by atoms with van der Waals surface area (Å²) >= 11 is 3.40. The van der Waals surface area contributed by atoms with E-state index < -0.39 is 0 Å². The van der Waals surface area contributed by atoms with E-state index in [4.69, 9.17) is 0 Å². The molecular formula is C14H23BrN4O2. The van der Waals surface area contributed by atoms with Crippen LogP contribution in [-0.2, 0) is 0 Å². The van der Waals surface area contributed by atoms with E-state index in [1.165, 1.54) is 11.1 Å². The SMILES string of the molecule is CC(C)n1ncc(N(CCO)CC2CCCN2)c(Br)c1=O. The Balaban J connectivity index is 2.27. The molecule has 6 nitrogen and oxygen atoms in total. The Bertz CT molecular complexity index is 526. The van der Waals surface area contributed by atoms with Crippen molar-refractivity contribution in [2.45, 2.75) is 38.8 Å². The van der Waals surface area contributed by atoms with Crippen molar-refractivity contribution in [2.24, 2.45) is 0 Å². The highest BCUT2D eigenvalue weighted by Crippen LogP contribution is 2.23. The number of aliphatic hydroxyl groups excluding tert-OH is 1. The Labute approximate surface area is 133 Å². The molecule has 0 aliphatic carbocycles.